The Morgan fingerprint density at radius 3 is 2.71 bits per heavy atom. The zero-order valence-electron chi connectivity index (χ0n) is 18.4. The predicted octanol–water partition coefficient (Wildman–Crippen LogP) is 3.43. The number of nitrogens with one attached hydrogen (secondary N) is 3. The second-order valence-corrected chi connectivity index (χ2v) is 7.56. The first-order valence-corrected chi connectivity index (χ1v) is 10.7. The minimum Gasteiger partial charge on any atom is -0.504 e. The summed E-state index contributed by atoms with van der Waals surface area (Å²) in [5.74, 6) is -0.958. The molecule has 1 aliphatic heterocycles. The van der Waals surface area contributed by atoms with E-state index in [1.165, 1.54) is 24.6 Å². The van der Waals surface area contributed by atoms with Gasteiger partial charge in [-0.25, -0.2) is 0 Å². The predicted molar refractivity (Wildman–Crippen MR) is 124 cm³/mol. The molecule has 0 saturated carbocycles. The molecule has 1 aromatic heterocycles. The number of furan rings is 1. The molecule has 0 radical (unpaired) electrons. The summed E-state index contributed by atoms with van der Waals surface area (Å²) in [6.07, 6.45) is 3.72. The summed E-state index contributed by atoms with van der Waals surface area (Å²) < 4.78 is 10.6. The van der Waals surface area contributed by atoms with E-state index >= 15 is 0 Å². The van der Waals surface area contributed by atoms with Crippen LogP contribution in [-0.2, 0) is 11.3 Å². The van der Waals surface area contributed by atoms with Crippen LogP contribution in [0.25, 0.3) is 5.57 Å². The topological polar surface area (TPSA) is 130 Å². The Labute approximate surface area is 195 Å². The highest BCUT2D eigenvalue weighted by Crippen LogP contribution is 2.28. The van der Waals surface area contributed by atoms with E-state index in [2.05, 4.69) is 16.0 Å². The molecule has 4 N–H and O–H groups in total. The smallest absolute Gasteiger partial charge is 0.291 e. The van der Waals surface area contributed by atoms with Gasteiger partial charge in [0, 0.05) is 29.6 Å². The quantitative estimate of drug-likeness (QED) is 0.299. The number of phenols is 1. The molecule has 0 atom stereocenters. The van der Waals surface area contributed by atoms with Crippen LogP contribution in [0.4, 0.5) is 5.69 Å². The van der Waals surface area contributed by atoms with Gasteiger partial charge in [-0.05, 0) is 54.4 Å². The molecule has 1 aliphatic rings. The standard InChI is InChI=1S/C25H23N3O6/c1-2-9-33-21-8-5-15(11-20(21)29)13-26-14-19-18-12-16(27-25(32)22-4-3-10-34-22)6-7-17(18)23(30)28-24(19)31/h3-8,10-12,14,26,29H,2,9,13H2,1H3,(H,27,32)(H,28,30,31)/b19-14-. The van der Waals surface area contributed by atoms with Crippen molar-refractivity contribution in [3.63, 3.8) is 0 Å². The Balaban J connectivity index is 1.52. The number of carbonyl (C=O) groups is 3. The average molecular weight is 461 g/mol. The van der Waals surface area contributed by atoms with E-state index in [-0.39, 0.29) is 17.1 Å². The van der Waals surface area contributed by atoms with E-state index in [4.69, 9.17) is 9.15 Å². The zero-order chi connectivity index (χ0) is 24.1. The maximum Gasteiger partial charge on any atom is 0.291 e. The molecule has 3 aromatic rings. The first-order valence-electron chi connectivity index (χ1n) is 10.7. The normalized spacial score (nSPS) is 13.9. The van der Waals surface area contributed by atoms with Crippen molar-refractivity contribution in [1.82, 2.24) is 10.6 Å². The number of benzene rings is 2. The van der Waals surface area contributed by atoms with Gasteiger partial charge < -0.3 is 24.9 Å². The lowest BCUT2D eigenvalue weighted by atomic mass is 9.95. The van der Waals surface area contributed by atoms with Crippen molar-refractivity contribution < 1.29 is 28.6 Å². The number of phenolic OH excluding ortho intramolecular Hbond substituents is 1. The van der Waals surface area contributed by atoms with E-state index in [1.807, 2.05) is 6.92 Å². The molecular weight excluding hydrogens is 438 g/mol. The number of fused-ring (bicyclic) bond motifs is 1. The fourth-order valence-corrected chi connectivity index (χ4v) is 3.42. The fourth-order valence-electron chi connectivity index (χ4n) is 3.42. The Kier molecular flexibility index (Phi) is 6.63. The fraction of sp³-hybridized carbons (Fsp3) is 0.160. The number of imide groups is 1. The van der Waals surface area contributed by atoms with E-state index in [0.717, 1.165) is 12.0 Å². The Morgan fingerprint density at radius 2 is 1.97 bits per heavy atom. The summed E-state index contributed by atoms with van der Waals surface area (Å²) in [5, 5.41) is 18.2. The third-order valence-corrected chi connectivity index (χ3v) is 5.07. The largest absolute Gasteiger partial charge is 0.504 e. The summed E-state index contributed by atoms with van der Waals surface area (Å²) >= 11 is 0. The van der Waals surface area contributed by atoms with Gasteiger partial charge >= 0.3 is 0 Å². The highest BCUT2D eigenvalue weighted by Gasteiger charge is 2.27. The Morgan fingerprint density at radius 1 is 1.12 bits per heavy atom. The van der Waals surface area contributed by atoms with Gasteiger partial charge in [0.15, 0.2) is 17.3 Å². The molecule has 0 unspecified atom stereocenters. The minimum absolute atomic E-state index is 0.0312. The molecule has 4 rings (SSSR count). The molecule has 0 fully saturated rings. The van der Waals surface area contributed by atoms with E-state index in [0.29, 0.717) is 35.7 Å². The van der Waals surface area contributed by atoms with Crippen LogP contribution in [-0.4, -0.2) is 29.4 Å². The lowest BCUT2D eigenvalue weighted by Crippen LogP contribution is -2.37. The maximum absolute atomic E-state index is 12.5. The highest BCUT2D eigenvalue weighted by atomic mass is 16.5. The van der Waals surface area contributed by atoms with Gasteiger partial charge in [-0.1, -0.05) is 13.0 Å². The number of rotatable bonds is 8. The zero-order valence-corrected chi connectivity index (χ0v) is 18.4. The van der Waals surface area contributed by atoms with Crippen LogP contribution in [0.1, 0.15) is 45.4 Å². The molecule has 9 heteroatoms. The van der Waals surface area contributed by atoms with E-state index < -0.39 is 17.7 Å². The number of anilines is 1. The number of aromatic hydroxyl groups is 1. The number of amides is 3. The summed E-state index contributed by atoms with van der Waals surface area (Å²) in [6.45, 7) is 2.80. The number of hydrogen-bond donors (Lipinski definition) is 4. The highest BCUT2D eigenvalue weighted by molar-refractivity contribution is 6.31. The molecule has 0 bridgehead atoms. The van der Waals surface area contributed by atoms with Crippen LogP contribution in [0.15, 0.2) is 65.4 Å². The molecule has 174 valence electrons. The third-order valence-electron chi connectivity index (χ3n) is 5.07. The Bertz CT molecular complexity index is 1260. The van der Waals surface area contributed by atoms with E-state index in [1.54, 1.807) is 36.4 Å². The number of carbonyl (C=O) groups excluding carboxylic acids is 3. The average Bonchev–Trinajstić information content (AvgIpc) is 3.36. The molecule has 2 aromatic carbocycles. The van der Waals surface area contributed by atoms with Crippen molar-refractivity contribution in [2.24, 2.45) is 0 Å². The van der Waals surface area contributed by atoms with Crippen LogP contribution >= 0.6 is 0 Å². The summed E-state index contributed by atoms with van der Waals surface area (Å²) in [7, 11) is 0. The molecule has 2 heterocycles. The lowest BCUT2D eigenvalue weighted by molar-refractivity contribution is -0.114. The second-order valence-electron chi connectivity index (χ2n) is 7.56. The second kappa shape index (κ2) is 9.95. The van der Waals surface area contributed by atoms with Crippen LogP contribution in [0.2, 0.25) is 0 Å². The first kappa shape index (κ1) is 22.7. The molecule has 9 nitrogen and oxygen atoms in total. The van der Waals surface area contributed by atoms with Crippen molar-refractivity contribution in [3.8, 4) is 11.5 Å². The summed E-state index contributed by atoms with van der Waals surface area (Å²) in [6, 6.07) is 12.9. The summed E-state index contributed by atoms with van der Waals surface area (Å²) in [4.78, 5) is 37.1. The van der Waals surface area contributed by atoms with Gasteiger partial charge in [0.1, 0.15) is 0 Å². The van der Waals surface area contributed by atoms with Crippen molar-refractivity contribution in [2.45, 2.75) is 19.9 Å². The Hall–Kier alpha value is -4.53. The van der Waals surface area contributed by atoms with Crippen molar-refractivity contribution >= 4 is 29.0 Å². The van der Waals surface area contributed by atoms with Crippen molar-refractivity contribution in [3.05, 3.63) is 83.4 Å². The third kappa shape index (κ3) is 4.93. The molecule has 34 heavy (non-hydrogen) atoms. The van der Waals surface area contributed by atoms with Gasteiger partial charge in [-0.3, -0.25) is 19.7 Å². The molecule has 3 amide bonds. The molecule has 0 spiro atoms. The lowest BCUT2D eigenvalue weighted by Gasteiger charge is -2.19. The SMILES string of the molecule is CCCOc1ccc(CN/C=C2\C(=O)NC(=O)c3ccc(NC(=O)c4ccco4)cc32)cc1O. The van der Waals surface area contributed by atoms with E-state index in [9.17, 15) is 19.5 Å². The van der Waals surface area contributed by atoms with Gasteiger partial charge in [0.2, 0.25) is 0 Å². The van der Waals surface area contributed by atoms with Gasteiger partial charge in [0.05, 0.1) is 18.4 Å². The van der Waals surface area contributed by atoms with Crippen LogP contribution in [0, 0.1) is 0 Å². The van der Waals surface area contributed by atoms with Gasteiger partial charge in [0.25, 0.3) is 17.7 Å². The molecule has 0 saturated heterocycles. The number of ether oxygens (including phenoxy) is 1. The van der Waals surface area contributed by atoms with Gasteiger partial charge in [-0.15, -0.1) is 0 Å². The monoisotopic (exact) mass is 461 g/mol. The van der Waals surface area contributed by atoms with Crippen molar-refractivity contribution in [1.29, 1.82) is 0 Å². The first-order chi connectivity index (χ1) is 16.5. The minimum atomic E-state index is -0.564. The summed E-state index contributed by atoms with van der Waals surface area (Å²) in [5.41, 5.74) is 2.09. The molecule has 0 aliphatic carbocycles. The number of hydrogen-bond acceptors (Lipinski definition) is 7. The van der Waals surface area contributed by atoms with Gasteiger partial charge in [-0.2, -0.15) is 0 Å². The van der Waals surface area contributed by atoms with Crippen LogP contribution in [0.3, 0.4) is 0 Å². The molecular formula is C25H23N3O6. The maximum atomic E-state index is 12.5. The van der Waals surface area contributed by atoms with Crippen LogP contribution in [0.5, 0.6) is 11.5 Å². The van der Waals surface area contributed by atoms with Crippen molar-refractivity contribution in [2.75, 3.05) is 11.9 Å². The van der Waals surface area contributed by atoms with Crippen LogP contribution < -0.4 is 20.7 Å².